The number of nitrogens with zero attached hydrogens (tertiary/aromatic N) is 4. The van der Waals surface area contributed by atoms with E-state index < -0.39 is 42.4 Å². The maximum Gasteiger partial charge on any atom is 0.330 e. The third kappa shape index (κ3) is 2.82. The predicted octanol–water partition coefficient (Wildman–Crippen LogP) is -2.04. The van der Waals surface area contributed by atoms with Gasteiger partial charge in [0.25, 0.3) is 5.56 Å². The van der Waals surface area contributed by atoms with Gasteiger partial charge < -0.3 is 20.1 Å². The summed E-state index contributed by atoms with van der Waals surface area (Å²) in [6.07, 6.45) is -4.08. The summed E-state index contributed by atoms with van der Waals surface area (Å²) in [7, 11) is 0. The maximum atomic E-state index is 11.8. The Balaban J connectivity index is 2.42. The molecule has 4 atom stereocenters. The third-order valence-corrected chi connectivity index (χ3v) is 3.14. The zero-order valence-corrected chi connectivity index (χ0v) is 10.7. The summed E-state index contributed by atoms with van der Waals surface area (Å²) < 4.78 is 6.06. The zero-order chi connectivity index (χ0) is 15.6. The van der Waals surface area contributed by atoms with Crippen molar-refractivity contribution in [2.45, 2.75) is 31.1 Å². The van der Waals surface area contributed by atoms with Gasteiger partial charge in [0, 0.05) is 16.7 Å². The van der Waals surface area contributed by atoms with E-state index in [4.69, 9.17) is 15.4 Å². The van der Waals surface area contributed by atoms with Gasteiger partial charge in [-0.25, -0.2) is 4.79 Å². The fourth-order valence-electron chi connectivity index (χ4n) is 2.05. The molecule has 0 amide bonds. The van der Waals surface area contributed by atoms with Gasteiger partial charge in [-0.15, -0.1) is 0 Å². The number of rotatable bonds is 4. The Morgan fingerprint density at radius 2 is 2.14 bits per heavy atom. The highest BCUT2D eigenvalue weighted by atomic mass is 16.6. The van der Waals surface area contributed by atoms with E-state index in [0.717, 1.165) is 10.8 Å². The molecule has 1 aliphatic heterocycles. The minimum Gasteiger partial charge on any atom is -0.394 e. The van der Waals surface area contributed by atoms with E-state index in [1.54, 1.807) is 0 Å². The molecular formula is C10H13N5O6. The van der Waals surface area contributed by atoms with Crippen LogP contribution in [0.5, 0.6) is 0 Å². The summed E-state index contributed by atoms with van der Waals surface area (Å²) in [4.78, 5) is 27.8. The lowest BCUT2D eigenvalue weighted by atomic mass is 10.1. The van der Waals surface area contributed by atoms with Crippen LogP contribution in [0.15, 0.2) is 20.9 Å². The van der Waals surface area contributed by atoms with Crippen LogP contribution < -0.4 is 11.2 Å². The third-order valence-electron chi connectivity index (χ3n) is 3.14. The number of azide groups is 1. The molecule has 0 unspecified atom stereocenters. The lowest BCUT2D eigenvalue weighted by Gasteiger charge is -2.17. The Kier molecular flexibility index (Phi) is 4.40. The molecule has 2 heterocycles. The van der Waals surface area contributed by atoms with Crippen LogP contribution in [0.3, 0.4) is 0 Å². The molecule has 114 valence electrons. The summed E-state index contributed by atoms with van der Waals surface area (Å²) >= 11 is 0. The molecule has 0 spiro atoms. The van der Waals surface area contributed by atoms with Crippen LogP contribution in [0.2, 0.25) is 0 Å². The molecule has 0 radical (unpaired) electrons. The Labute approximate surface area is 116 Å². The van der Waals surface area contributed by atoms with E-state index in [0.29, 0.717) is 0 Å². The van der Waals surface area contributed by atoms with Gasteiger partial charge in [0.15, 0.2) is 6.23 Å². The summed E-state index contributed by atoms with van der Waals surface area (Å²) in [5.74, 6) is 0. The van der Waals surface area contributed by atoms with Crippen molar-refractivity contribution in [1.29, 1.82) is 0 Å². The van der Waals surface area contributed by atoms with Crippen LogP contribution >= 0.6 is 0 Å². The van der Waals surface area contributed by atoms with Crippen LogP contribution in [0.1, 0.15) is 11.8 Å². The smallest absolute Gasteiger partial charge is 0.330 e. The average molecular weight is 299 g/mol. The molecule has 0 saturated carbocycles. The normalized spacial score (nSPS) is 28.3. The van der Waals surface area contributed by atoms with Gasteiger partial charge in [-0.3, -0.25) is 14.3 Å². The van der Waals surface area contributed by atoms with Gasteiger partial charge in [-0.1, -0.05) is 5.11 Å². The highest BCUT2D eigenvalue weighted by Crippen LogP contribution is 2.27. The fourth-order valence-corrected chi connectivity index (χ4v) is 2.05. The van der Waals surface area contributed by atoms with Crippen LogP contribution in [0, 0.1) is 0 Å². The van der Waals surface area contributed by atoms with Crippen LogP contribution in [-0.4, -0.2) is 49.8 Å². The Morgan fingerprint density at radius 1 is 1.43 bits per heavy atom. The van der Waals surface area contributed by atoms with E-state index in [-0.39, 0.29) is 12.1 Å². The first-order chi connectivity index (χ1) is 9.99. The van der Waals surface area contributed by atoms with E-state index >= 15 is 0 Å². The first-order valence-corrected chi connectivity index (χ1v) is 5.97. The van der Waals surface area contributed by atoms with Gasteiger partial charge in [0.2, 0.25) is 0 Å². The molecule has 2 rings (SSSR count). The fraction of sp³-hybridized carbons (Fsp3) is 0.600. The maximum absolute atomic E-state index is 11.8. The molecule has 1 aromatic rings. The number of aliphatic hydroxyl groups excluding tert-OH is 3. The number of aromatic amines is 1. The largest absolute Gasteiger partial charge is 0.394 e. The lowest BCUT2D eigenvalue weighted by Crippen LogP contribution is -2.38. The van der Waals surface area contributed by atoms with Crippen molar-refractivity contribution in [3.05, 3.63) is 43.0 Å². The first kappa shape index (κ1) is 15.2. The summed E-state index contributed by atoms with van der Waals surface area (Å²) in [6.45, 7) is -0.834. The predicted molar refractivity (Wildman–Crippen MR) is 67.2 cm³/mol. The van der Waals surface area contributed by atoms with Crippen molar-refractivity contribution in [3.8, 4) is 0 Å². The molecule has 1 fully saturated rings. The average Bonchev–Trinajstić information content (AvgIpc) is 2.74. The quantitative estimate of drug-likeness (QED) is 0.283. The molecule has 1 saturated heterocycles. The van der Waals surface area contributed by atoms with Gasteiger partial charge >= 0.3 is 5.69 Å². The molecule has 11 heteroatoms. The first-order valence-electron chi connectivity index (χ1n) is 5.97. The minimum absolute atomic E-state index is 0.00913. The summed E-state index contributed by atoms with van der Waals surface area (Å²) in [6, 6.07) is 0. The second kappa shape index (κ2) is 6.08. The second-order valence-electron chi connectivity index (χ2n) is 4.44. The zero-order valence-electron chi connectivity index (χ0n) is 10.7. The number of nitrogens with one attached hydrogen (secondary N) is 1. The van der Waals surface area contributed by atoms with Crippen LogP contribution in [0.4, 0.5) is 0 Å². The molecule has 11 nitrogen and oxygen atoms in total. The lowest BCUT2D eigenvalue weighted by molar-refractivity contribution is -0.0551. The molecule has 0 bridgehead atoms. The van der Waals surface area contributed by atoms with Gasteiger partial charge in [0.1, 0.15) is 18.3 Å². The highest BCUT2D eigenvalue weighted by molar-refractivity contribution is 5.06. The molecule has 0 aromatic carbocycles. The summed E-state index contributed by atoms with van der Waals surface area (Å²) in [5, 5.41) is 31.7. The number of aromatic nitrogens is 2. The molecule has 1 aromatic heterocycles. The standard InChI is InChI=1S/C10H13N5O6/c11-14-12-1-4-2-15(10(20)13-8(4)19)9-7(18)6(17)5(3-16)21-9/h2,5-7,9,16-18H,1,3H2,(H,13,19,20)/t5-,6-,7-,9-/m1/s1. The highest BCUT2D eigenvalue weighted by Gasteiger charge is 2.43. The molecule has 21 heavy (non-hydrogen) atoms. The van der Waals surface area contributed by atoms with E-state index in [9.17, 15) is 19.8 Å². The van der Waals surface area contributed by atoms with Crippen molar-refractivity contribution in [1.82, 2.24) is 9.55 Å². The number of hydrogen-bond acceptors (Lipinski definition) is 7. The van der Waals surface area contributed by atoms with Crippen molar-refractivity contribution >= 4 is 0 Å². The number of hydrogen-bond donors (Lipinski definition) is 4. The van der Waals surface area contributed by atoms with E-state index in [1.807, 2.05) is 4.98 Å². The Morgan fingerprint density at radius 3 is 2.71 bits per heavy atom. The van der Waals surface area contributed by atoms with Gasteiger partial charge in [-0.05, 0) is 5.53 Å². The van der Waals surface area contributed by atoms with Gasteiger partial charge in [0.05, 0.1) is 13.2 Å². The molecule has 1 aliphatic rings. The SMILES string of the molecule is [N-]=[N+]=NCc1cn([C@@H]2O[C@H](CO)[C@@H](O)[C@H]2O)c(=O)[nH]c1=O. The Bertz CT molecular complexity index is 677. The number of H-pyrrole nitrogens is 1. The Hall–Kier alpha value is -2.17. The van der Waals surface area contributed by atoms with E-state index in [2.05, 4.69) is 10.0 Å². The van der Waals surface area contributed by atoms with Crippen molar-refractivity contribution in [2.24, 2.45) is 5.11 Å². The monoisotopic (exact) mass is 299 g/mol. The van der Waals surface area contributed by atoms with Gasteiger partial charge in [-0.2, -0.15) is 0 Å². The second-order valence-corrected chi connectivity index (χ2v) is 4.44. The van der Waals surface area contributed by atoms with Crippen LogP contribution in [-0.2, 0) is 11.3 Å². The molecule has 0 aliphatic carbocycles. The number of ether oxygens (including phenoxy) is 1. The molecular weight excluding hydrogens is 286 g/mol. The van der Waals surface area contributed by atoms with Crippen molar-refractivity contribution in [2.75, 3.05) is 6.61 Å². The molecule has 4 N–H and O–H groups in total. The number of aliphatic hydroxyl groups is 3. The summed E-state index contributed by atoms with van der Waals surface area (Å²) in [5.41, 5.74) is 6.65. The van der Waals surface area contributed by atoms with E-state index in [1.165, 1.54) is 0 Å². The van der Waals surface area contributed by atoms with Crippen molar-refractivity contribution in [3.63, 3.8) is 0 Å². The van der Waals surface area contributed by atoms with Crippen molar-refractivity contribution < 1.29 is 20.1 Å². The topological polar surface area (TPSA) is 174 Å². The minimum atomic E-state index is -1.46. The van der Waals surface area contributed by atoms with Crippen LogP contribution in [0.25, 0.3) is 10.4 Å².